The third-order valence-corrected chi connectivity index (χ3v) is 4.34. The third-order valence-electron chi connectivity index (χ3n) is 4.34. The minimum Gasteiger partial charge on any atom is -0.481 e. The summed E-state index contributed by atoms with van der Waals surface area (Å²) in [5.74, 6) is -0.422. The van der Waals surface area contributed by atoms with Crippen molar-refractivity contribution in [2.45, 2.75) is 13.8 Å². The van der Waals surface area contributed by atoms with Gasteiger partial charge in [-0.05, 0) is 37.1 Å². The van der Waals surface area contributed by atoms with Gasteiger partial charge in [0.1, 0.15) is 5.75 Å². The summed E-state index contributed by atoms with van der Waals surface area (Å²) in [4.78, 5) is 24.0. The summed E-state index contributed by atoms with van der Waals surface area (Å²) in [6.45, 7) is 3.25. The van der Waals surface area contributed by atoms with Gasteiger partial charge in [-0.2, -0.15) is 0 Å². The first kappa shape index (κ1) is 20.1. The number of esters is 1. The monoisotopic (exact) mass is 389 g/mol. The molecule has 148 valence electrons. The Labute approximate surface area is 170 Å². The second-order valence-corrected chi connectivity index (χ2v) is 6.68. The number of carbonyl (C=O) groups excluding carboxylic acids is 2. The minimum absolute atomic E-state index is 0.277. The van der Waals surface area contributed by atoms with Gasteiger partial charge in [0.15, 0.2) is 13.2 Å². The van der Waals surface area contributed by atoms with Gasteiger partial charge >= 0.3 is 5.97 Å². The zero-order chi connectivity index (χ0) is 20.6. The number of hydrogen-bond donors (Lipinski definition) is 1. The molecule has 5 nitrogen and oxygen atoms in total. The average Bonchev–Trinajstić information content (AvgIpc) is 2.73. The predicted octanol–water partition coefficient (Wildman–Crippen LogP) is 4.53. The Morgan fingerprint density at radius 1 is 0.862 bits per heavy atom. The fourth-order valence-corrected chi connectivity index (χ4v) is 2.91. The lowest BCUT2D eigenvalue weighted by Crippen LogP contribution is -2.24. The minimum atomic E-state index is -0.608. The molecule has 1 amide bonds. The van der Waals surface area contributed by atoms with E-state index in [-0.39, 0.29) is 13.2 Å². The number of benzene rings is 3. The molecule has 0 aliphatic heterocycles. The summed E-state index contributed by atoms with van der Waals surface area (Å²) in [5, 5.41) is 2.74. The van der Waals surface area contributed by atoms with Crippen LogP contribution in [0.4, 0.5) is 5.69 Å². The lowest BCUT2D eigenvalue weighted by Gasteiger charge is -2.12. The van der Waals surface area contributed by atoms with E-state index in [1.165, 1.54) is 0 Å². The number of aryl methyl sites for hydroxylation is 2. The summed E-state index contributed by atoms with van der Waals surface area (Å²) in [7, 11) is 0. The highest BCUT2D eigenvalue weighted by Gasteiger charge is 2.12. The number of para-hydroxylation sites is 1. The summed E-state index contributed by atoms with van der Waals surface area (Å²) in [5.41, 5.74) is 4.63. The van der Waals surface area contributed by atoms with Crippen molar-refractivity contribution in [2.24, 2.45) is 0 Å². The van der Waals surface area contributed by atoms with Crippen LogP contribution in [0.5, 0.6) is 5.75 Å². The highest BCUT2D eigenvalue weighted by Crippen LogP contribution is 2.29. The van der Waals surface area contributed by atoms with Crippen LogP contribution in [0.15, 0.2) is 72.8 Å². The Bertz CT molecular complexity index is 999. The molecular weight excluding hydrogens is 366 g/mol. The van der Waals surface area contributed by atoms with Crippen molar-refractivity contribution in [1.29, 1.82) is 0 Å². The number of nitrogens with one attached hydrogen (secondary N) is 1. The summed E-state index contributed by atoms with van der Waals surface area (Å²) < 4.78 is 10.7. The van der Waals surface area contributed by atoms with E-state index < -0.39 is 11.9 Å². The molecule has 0 unspecified atom stereocenters. The van der Waals surface area contributed by atoms with Crippen LogP contribution in [0.3, 0.4) is 0 Å². The molecule has 0 heterocycles. The zero-order valence-electron chi connectivity index (χ0n) is 16.5. The van der Waals surface area contributed by atoms with Crippen LogP contribution in [0.1, 0.15) is 11.1 Å². The van der Waals surface area contributed by atoms with Gasteiger partial charge in [0.05, 0.1) is 0 Å². The SMILES string of the molecule is Cc1ccc(NC(=O)COC(=O)COc2ccccc2-c2ccccc2)c(C)c1. The van der Waals surface area contributed by atoms with Gasteiger partial charge in [0.25, 0.3) is 5.91 Å². The first-order chi connectivity index (χ1) is 14.0. The Morgan fingerprint density at radius 3 is 2.34 bits per heavy atom. The number of hydrogen-bond acceptors (Lipinski definition) is 4. The molecular formula is C24H23NO4. The van der Waals surface area contributed by atoms with Crippen molar-refractivity contribution in [3.05, 3.63) is 83.9 Å². The van der Waals surface area contributed by atoms with Gasteiger partial charge in [-0.25, -0.2) is 4.79 Å². The van der Waals surface area contributed by atoms with Crippen LogP contribution in [-0.2, 0) is 14.3 Å². The maximum absolute atomic E-state index is 12.0. The molecule has 3 aromatic rings. The van der Waals surface area contributed by atoms with Gasteiger partial charge in [0.2, 0.25) is 0 Å². The topological polar surface area (TPSA) is 64.6 Å². The molecule has 0 aliphatic rings. The molecule has 0 bridgehead atoms. The highest BCUT2D eigenvalue weighted by molar-refractivity contribution is 5.93. The van der Waals surface area contributed by atoms with Crippen LogP contribution in [0.2, 0.25) is 0 Å². The summed E-state index contributed by atoms with van der Waals surface area (Å²) in [6.07, 6.45) is 0. The van der Waals surface area contributed by atoms with Crippen LogP contribution in [0.25, 0.3) is 11.1 Å². The maximum Gasteiger partial charge on any atom is 0.344 e. The van der Waals surface area contributed by atoms with E-state index >= 15 is 0 Å². The molecule has 0 atom stereocenters. The van der Waals surface area contributed by atoms with Crippen molar-refractivity contribution in [3.63, 3.8) is 0 Å². The van der Waals surface area contributed by atoms with E-state index in [1.54, 1.807) is 6.07 Å². The van der Waals surface area contributed by atoms with Crippen molar-refractivity contribution in [2.75, 3.05) is 18.5 Å². The highest BCUT2D eigenvalue weighted by atomic mass is 16.6. The Kier molecular flexibility index (Phi) is 6.63. The quantitative estimate of drug-likeness (QED) is 0.603. The van der Waals surface area contributed by atoms with E-state index in [9.17, 15) is 9.59 Å². The van der Waals surface area contributed by atoms with Crippen LogP contribution < -0.4 is 10.1 Å². The Morgan fingerprint density at radius 2 is 1.59 bits per heavy atom. The van der Waals surface area contributed by atoms with E-state index in [1.807, 2.05) is 80.6 Å². The van der Waals surface area contributed by atoms with Crippen molar-refractivity contribution < 1.29 is 19.1 Å². The van der Waals surface area contributed by atoms with Crippen LogP contribution in [-0.4, -0.2) is 25.1 Å². The number of ether oxygens (including phenoxy) is 2. The fourth-order valence-electron chi connectivity index (χ4n) is 2.91. The predicted molar refractivity (Wildman–Crippen MR) is 113 cm³/mol. The molecule has 0 aromatic heterocycles. The molecule has 0 radical (unpaired) electrons. The van der Waals surface area contributed by atoms with E-state index in [0.29, 0.717) is 11.4 Å². The molecule has 0 saturated carbocycles. The molecule has 3 rings (SSSR count). The molecule has 0 fully saturated rings. The second-order valence-electron chi connectivity index (χ2n) is 6.68. The fraction of sp³-hybridized carbons (Fsp3) is 0.167. The summed E-state index contributed by atoms with van der Waals surface area (Å²) >= 11 is 0. The van der Waals surface area contributed by atoms with Crippen molar-refractivity contribution in [3.8, 4) is 16.9 Å². The van der Waals surface area contributed by atoms with E-state index in [2.05, 4.69) is 5.32 Å². The normalized spacial score (nSPS) is 10.3. The lowest BCUT2D eigenvalue weighted by molar-refractivity contribution is -0.149. The molecule has 0 saturated heterocycles. The van der Waals surface area contributed by atoms with E-state index in [4.69, 9.17) is 9.47 Å². The van der Waals surface area contributed by atoms with Crippen molar-refractivity contribution in [1.82, 2.24) is 0 Å². The molecule has 3 aromatic carbocycles. The first-order valence-corrected chi connectivity index (χ1v) is 9.33. The van der Waals surface area contributed by atoms with Gasteiger partial charge in [0, 0.05) is 11.3 Å². The standard InChI is InChI=1S/C24H23NO4/c1-17-12-13-21(18(2)14-17)25-23(26)15-29-24(27)16-28-22-11-7-6-10-20(22)19-8-4-3-5-9-19/h3-14H,15-16H2,1-2H3,(H,25,26). The number of carbonyl (C=O) groups is 2. The van der Waals surface area contributed by atoms with E-state index in [0.717, 1.165) is 22.3 Å². The molecule has 0 aliphatic carbocycles. The van der Waals surface area contributed by atoms with Crippen molar-refractivity contribution >= 4 is 17.6 Å². The third kappa shape index (κ3) is 5.69. The number of anilines is 1. The lowest BCUT2D eigenvalue weighted by atomic mass is 10.1. The molecule has 5 heteroatoms. The van der Waals surface area contributed by atoms with Gasteiger partial charge in [-0.1, -0.05) is 66.2 Å². The smallest absolute Gasteiger partial charge is 0.344 e. The molecule has 29 heavy (non-hydrogen) atoms. The average molecular weight is 389 g/mol. The molecule has 1 N–H and O–H groups in total. The second kappa shape index (κ2) is 9.55. The summed E-state index contributed by atoms with van der Waals surface area (Å²) in [6, 6.07) is 22.9. The van der Waals surface area contributed by atoms with Crippen LogP contribution >= 0.6 is 0 Å². The van der Waals surface area contributed by atoms with Crippen LogP contribution in [0, 0.1) is 13.8 Å². The molecule has 0 spiro atoms. The largest absolute Gasteiger partial charge is 0.481 e. The van der Waals surface area contributed by atoms with Gasteiger partial charge in [-0.3, -0.25) is 4.79 Å². The zero-order valence-corrected chi connectivity index (χ0v) is 16.5. The van der Waals surface area contributed by atoms with Gasteiger partial charge in [-0.15, -0.1) is 0 Å². The Hall–Kier alpha value is -3.60. The Balaban J connectivity index is 1.51. The number of rotatable bonds is 7. The number of amides is 1. The van der Waals surface area contributed by atoms with Gasteiger partial charge < -0.3 is 14.8 Å². The first-order valence-electron chi connectivity index (χ1n) is 9.33. The maximum atomic E-state index is 12.0.